The highest BCUT2D eigenvalue weighted by molar-refractivity contribution is 6.09. The Balaban J connectivity index is 1.09. The van der Waals surface area contributed by atoms with Crippen LogP contribution in [0.2, 0.25) is 0 Å². The summed E-state index contributed by atoms with van der Waals surface area (Å²) in [6, 6.07) is 49.5. The van der Waals surface area contributed by atoms with Crippen LogP contribution in [0.4, 0.5) is 0 Å². The number of rotatable bonds is 64. The van der Waals surface area contributed by atoms with Gasteiger partial charge in [-0.2, -0.15) is 0 Å². The van der Waals surface area contributed by atoms with Gasteiger partial charge in [0.2, 0.25) is 0 Å². The van der Waals surface area contributed by atoms with Crippen molar-refractivity contribution in [1.82, 2.24) is 24.5 Å². The Kier molecular flexibility index (Phi) is 44.5. The second-order valence-electron chi connectivity index (χ2n) is 37.3. The van der Waals surface area contributed by atoms with Gasteiger partial charge in [-0.05, 0) is 148 Å². The summed E-state index contributed by atoms with van der Waals surface area (Å²) >= 11 is 0. The molecule has 12 rings (SSSR count). The second-order valence-corrected chi connectivity index (χ2v) is 37.3. The average Bonchev–Trinajstić information content (AvgIpc) is 1.58. The van der Waals surface area contributed by atoms with Gasteiger partial charge in [0.05, 0.1) is 124 Å². The van der Waals surface area contributed by atoms with Crippen LogP contribution in [0.25, 0.3) is 96.1 Å². The lowest BCUT2D eigenvalue weighted by Crippen LogP contribution is -2.06. The zero-order valence-corrected chi connectivity index (χ0v) is 82.5. The molecule has 2 aliphatic heterocycles. The molecule has 0 radical (unpaired) electrons. The molecule has 2 aliphatic rings. The van der Waals surface area contributed by atoms with Crippen LogP contribution in [0.15, 0.2) is 146 Å². The Labute approximate surface area is 803 Å². The number of fused-ring (bicyclic) bond motifs is 11. The van der Waals surface area contributed by atoms with E-state index in [1.165, 1.54) is 205 Å². The number of carbonyl (C=O) groups is 1. The van der Waals surface area contributed by atoms with Crippen LogP contribution < -0.4 is 28.4 Å². The highest BCUT2D eigenvalue weighted by Crippen LogP contribution is 2.47. The maximum atomic E-state index is 12.3. The quantitative estimate of drug-likeness (QED) is 0.0248. The summed E-state index contributed by atoms with van der Waals surface area (Å²) in [4.78, 5) is 32.1. The molecular weight excluding hydrogens is 1650 g/mol. The zero-order chi connectivity index (χ0) is 93.2. The number of hydrogen-bond donors (Lipinski definition) is 3. The summed E-state index contributed by atoms with van der Waals surface area (Å²) in [5.74, 6) is 18.1. The van der Waals surface area contributed by atoms with Crippen LogP contribution >= 0.6 is 0 Å². The number of aromatic carboxylic acids is 1. The number of carboxylic acids is 1. The molecule has 134 heavy (non-hydrogen) atoms. The Bertz CT molecular complexity index is 5380. The third kappa shape index (κ3) is 31.1. The van der Waals surface area contributed by atoms with Crippen molar-refractivity contribution in [3.63, 3.8) is 0 Å². The molecule has 13 nitrogen and oxygen atoms in total. The van der Waals surface area contributed by atoms with E-state index in [0.717, 1.165) is 175 Å². The summed E-state index contributed by atoms with van der Waals surface area (Å²) in [6.07, 6.45) is 65.3. The average molecular weight is 1810 g/mol. The summed E-state index contributed by atoms with van der Waals surface area (Å²) in [5, 5.41) is 12.4. The summed E-state index contributed by atoms with van der Waals surface area (Å²) in [5.41, 5.74) is 14.7. The number of H-pyrrole nitrogens is 2. The zero-order valence-electron chi connectivity index (χ0n) is 82.5. The fraction of sp³-hybridized carbons (Fsp3) is 0.496. The predicted molar refractivity (Wildman–Crippen MR) is 565 cm³/mol. The first kappa shape index (κ1) is 102. The maximum Gasteiger partial charge on any atom is 0.335 e. The van der Waals surface area contributed by atoms with Crippen molar-refractivity contribution in [3.8, 4) is 86.1 Å². The Morgan fingerprint density at radius 2 is 0.590 bits per heavy atom. The molecule has 4 aromatic heterocycles. The molecule has 6 heterocycles. The molecule has 3 N–H and O–H groups in total. The van der Waals surface area contributed by atoms with E-state index in [4.69, 9.17) is 38.4 Å². The van der Waals surface area contributed by atoms with E-state index in [0.29, 0.717) is 119 Å². The van der Waals surface area contributed by atoms with Crippen molar-refractivity contribution >= 4 is 74.1 Å². The maximum absolute atomic E-state index is 12.3. The summed E-state index contributed by atoms with van der Waals surface area (Å²) in [7, 11) is 0. The third-order valence-corrected chi connectivity index (χ3v) is 26.4. The fourth-order valence-electron chi connectivity index (χ4n) is 18.7. The molecule has 10 aromatic rings. The Hall–Kier alpha value is -10.9. The predicted octanol–water partition coefficient (Wildman–Crippen LogP) is 34.7. The molecule has 0 saturated carbocycles. The van der Waals surface area contributed by atoms with E-state index in [-0.39, 0.29) is 5.56 Å². The highest BCUT2D eigenvalue weighted by Gasteiger charge is 2.27. The van der Waals surface area contributed by atoms with Gasteiger partial charge in [-0.25, -0.2) is 14.8 Å². The molecule has 8 bridgehead atoms. The molecule has 0 spiro atoms. The molecule has 0 saturated heterocycles. The van der Waals surface area contributed by atoms with Crippen LogP contribution in [0, 0.1) is 23.7 Å². The van der Waals surface area contributed by atoms with E-state index in [1.807, 2.05) is 0 Å². The largest absolute Gasteiger partial charge is 0.493 e. The van der Waals surface area contributed by atoms with Crippen LogP contribution in [0.3, 0.4) is 0 Å². The SMILES string of the molecule is CCCCCCCCCCCCOc1cccc(OCCCCCCCCCCCC)c1-c1c2nc(c(C#Cc3cc(OCCCCCC)c(-n4c5ccccc5c5ccccc54)cc3OCCCCCC)c3ccc([nH]3)c(-c3c(OCCCCCCCCCCCC)cccc3OCCCCCCCCCCCC)c3nc(c(C#Cc4ccc(C(=O)O)cc4)c4ccc1[nH]4)C=C3)C=C2. The van der Waals surface area contributed by atoms with Gasteiger partial charge >= 0.3 is 5.97 Å². The van der Waals surface area contributed by atoms with Crippen molar-refractivity contribution in [2.75, 3.05) is 39.6 Å². The fourth-order valence-corrected chi connectivity index (χ4v) is 18.7. The van der Waals surface area contributed by atoms with Crippen molar-refractivity contribution in [2.45, 2.75) is 350 Å². The molecular formula is C121H157N5O8. The normalized spacial score (nSPS) is 11.7. The molecule has 0 fully saturated rings. The van der Waals surface area contributed by atoms with Crippen LogP contribution in [0.1, 0.15) is 405 Å². The molecule has 0 unspecified atom stereocenters. The molecule has 0 amide bonds. The van der Waals surface area contributed by atoms with Gasteiger partial charge in [-0.1, -0.05) is 383 Å². The number of nitrogens with one attached hydrogen (secondary N) is 2. The van der Waals surface area contributed by atoms with Crippen molar-refractivity contribution < 1.29 is 38.3 Å². The second kappa shape index (κ2) is 58.4. The van der Waals surface area contributed by atoms with E-state index < -0.39 is 5.97 Å². The first-order valence-electron chi connectivity index (χ1n) is 53.0. The number of para-hydroxylation sites is 2. The van der Waals surface area contributed by atoms with Gasteiger partial charge < -0.3 is 48.1 Å². The minimum atomic E-state index is -1.000. The smallest absolute Gasteiger partial charge is 0.335 e. The lowest BCUT2D eigenvalue weighted by atomic mass is 10.0. The van der Waals surface area contributed by atoms with Gasteiger partial charge in [0, 0.05) is 50.6 Å². The monoisotopic (exact) mass is 1810 g/mol. The standard InChI is InChI=1S/C121H157N5O8/c1-7-13-19-25-29-33-37-41-45-55-85-129-111-65-59-66-112(130-86-56-46-42-38-34-30-26-20-14-8-2)119(111)117-104-81-77-100(122-104)98(75-71-93-69-72-94(73-70-93)121(127)128)101-78-82-105(123-101)118(120-113(131-87-57-47-43-39-35-31-27-21-15-9-3)67-60-68-114(120)132-88-58-48-44-40-36-32-28-22-16-10-4)107-84-80-103(125-107)99(102-79-83-106(117)124-102)76-74-95-91-116(134-90-54-24-18-12-6)110(92-115(95)133-89-53-23-17-11-5)126-108-63-51-49-61-96(108)97-62-50-52-64-109(97)126/h49-52,59-70,72-73,77-84,91-92,122,125H,7-48,53-58,85-90H2,1-6H3,(H,127,128). The molecule has 714 valence electrons. The highest BCUT2D eigenvalue weighted by atomic mass is 16.5. The van der Waals surface area contributed by atoms with E-state index in [9.17, 15) is 9.90 Å². The molecule has 0 atom stereocenters. The first-order chi connectivity index (χ1) is 66.2. The lowest BCUT2D eigenvalue weighted by Gasteiger charge is -2.18. The number of benzene rings is 6. The summed E-state index contributed by atoms with van der Waals surface area (Å²) < 4.78 is 45.4. The van der Waals surface area contributed by atoms with Crippen LogP contribution in [-0.4, -0.2) is 75.2 Å². The van der Waals surface area contributed by atoms with Crippen LogP contribution in [-0.2, 0) is 0 Å². The topological polar surface area (TPSA) is 155 Å². The van der Waals surface area contributed by atoms with E-state index in [2.05, 4.69) is 225 Å². The number of aromatic amines is 2. The minimum Gasteiger partial charge on any atom is -0.493 e. The molecule has 0 aliphatic carbocycles. The van der Waals surface area contributed by atoms with E-state index in [1.54, 1.807) is 24.3 Å². The van der Waals surface area contributed by atoms with Crippen molar-refractivity contribution in [2.24, 2.45) is 0 Å². The van der Waals surface area contributed by atoms with Gasteiger partial charge in [0.15, 0.2) is 0 Å². The molecule has 13 heteroatoms. The minimum absolute atomic E-state index is 0.185. The van der Waals surface area contributed by atoms with Crippen LogP contribution in [0.5, 0.6) is 34.5 Å². The van der Waals surface area contributed by atoms with E-state index >= 15 is 0 Å². The number of hydrogen-bond acceptors (Lipinski definition) is 9. The number of ether oxygens (including phenoxy) is 6. The van der Waals surface area contributed by atoms with Crippen molar-refractivity contribution in [3.05, 3.63) is 196 Å². The number of unbranched alkanes of at least 4 members (excludes halogenated alkanes) is 42. The number of carboxylic acid groups (broad SMARTS) is 1. The Morgan fingerprint density at radius 1 is 0.291 bits per heavy atom. The third-order valence-electron chi connectivity index (χ3n) is 26.4. The Morgan fingerprint density at radius 3 is 0.940 bits per heavy atom. The lowest BCUT2D eigenvalue weighted by molar-refractivity contribution is 0.0696. The molecule has 6 aromatic carbocycles. The summed E-state index contributed by atoms with van der Waals surface area (Å²) in [6.45, 7) is 16.8. The number of aromatic nitrogens is 5. The van der Waals surface area contributed by atoms with Gasteiger partial charge in [0.25, 0.3) is 0 Å². The van der Waals surface area contributed by atoms with Gasteiger partial charge in [-0.3, -0.25) is 0 Å². The number of nitrogens with zero attached hydrogens (tertiary/aromatic N) is 3. The van der Waals surface area contributed by atoms with Gasteiger partial charge in [0.1, 0.15) is 34.5 Å². The first-order valence-corrected chi connectivity index (χ1v) is 53.0. The van der Waals surface area contributed by atoms with Gasteiger partial charge in [-0.15, -0.1) is 0 Å². The van der Waals surface area contributed by atoms with Crippen molar-refractivity contribution in [1.29, 1.82) is 0 Å².